The number of carbonyl (C=O) groups is 2. The summed E-state index contributed by atoms with van der Waals surface area (Å²) in [6, 6.07) is 23.1. The third-order valence-electron chi connectivity index (χ3n) is 7.26. The summed E-state index contributed by atoms with van der Waals surface area (Å²) in [5.41, 5.74) is 4.87. The van der Waals surface area contributed by atoms with Crippen LogP contribution in [-0.4, -0.2) is 34.8 Å². The highest BCUT2D eigenvalue weighted by Gasteiger charge is 2.30. The first kappa shape index (κ1) is 23.8. The van der Waals surface area contributed by atoms with Crippen molar-refractivity contribution in [1.82, 2.24) is 9.88 Å². The Morgan fingerprint density at radius 1 is 1.03 bits per heavy atom. The van der Waals surface area contributed by atoms with Crippen LogP contribution in [0, 0.1) is 11.8 Å². The number of benzene rings is 3. The van der Waals surface area contributed by atoms with Crippen LogP contribution in [0.2, 0.25) is 0 Å². The van der Waals surface area contributed by atoms with Gasteiger partial charge in [-0.3, -0.25) is 9.59 Å². The molecule has 3 aromatic carbocycles. The minimum Gasteiger partial charge on any atom is -0.436 e. The molecule has 2 amide bonds. The van der Waals surface area contributed by atoms with Gasteiger partial charge in [-0.2, -0.15) is 0 Å². The maximum absolute atomic E-state index is 13.2. The molecule has 4 aromatic rings. The maximum Gasteiger partial charge on any atom is 0.253 e. The summed E-state index contributed by atoms with van der Waals surface area (Å²) in [7, 11) is 0. The number of nitrogens with zero attached hydrogens (tertiary/aromatic N) is 2. The van der Waals surface area contributed by atoms with E-state index in [2.05, 4.69) is 17.2 Å². The lowest BCUT2D eigenvalue weighted by molar-refractivity contribution is -0.121. The van der Waals surface area contributed by atoms with Gasteiger partial charge >= 0.3 is 0 Å². The molecule has 1 N–H and O–H groups in total. The first-order valence-electron chi connectivity index (χ1n) is 12.7. The van der Waals surface area contributed by atoms with Gasteiger partial charge in [0.15, 0.2) is 5.58 Å². The van der Waals surface area contributed by atoms with Crippen LogP contribution in [0.15, 0.2) is 77.2 Å². The van der Waals surface area contributed by atoms with Gasteiger partial charge in [0.2, 0.25) is 11.8 Å². The lowest BCUT2D eigenvalue weighted by atomic mass is 9.84. The minimum absolute atomic E-state index is 0.00594. The predicted octanol–water partition coefficient (Wildman–Crippen LogP) is 6.18. The second kappa shape index (κ2) is 10.4. The molecule has 1 atom stereocenters. The highest BCUT2D eigenvalue weighted by Crippen LogP contribution is 2.29. The first-order chi connectivity index (χ1) is 17.5. The summed E-state index contributed by atoms with van der Waals surface area (Å²) < 4.78 is 5.88. The Balaban J connectivity index is 1.21. The van der Waals surface area contributed by atoms with Crippen molar-refractivity contribution in [2.45, 2.75) is 33.1 Å². The van der Waals surface area contributed by atoms with Gasteiger partial charge in [0.25, 0.3) is 5.91 Å². The van der Waals surface area contributed by atoms with Crippen LogP contribution in [0.5, 0.6) is 0 Å². The number of aromatic nitrogens is 1. The summed E-state index contributed by atoms with van der Waals surface area (Å²) in [6.45, 7) is 5.36. The van der Waals surface area contributed by atoms with Gasteiger partial charge in [-0.1, -0.05) is 50.2 Å². The van der Waals surface area contributed by atoms with Crippen molar-refractivity contribution in [3.05, 3.63) is 83.9 Å². The molecule has 6 heteroatoms. The molecule has 6 nitrogen and oxygen atoms in total. The Morgan fingerprint density at radius 3 is 2.50 bits per heavy atom. The lowest BCUT2D eigenvalue weighted by Gasteiger charge is -2.34. The largest absolute Gasteiger partial charge is 0.436 e. The fourth-order valence-electron chi connectivity index (χ4n) is 4.96. The normalized spacial score (nSPS) is 15.1. The van der Waals surface area contributed by atoms with Crippen LogP contribution in [0.3, 0.4) is 0 Å². The second-order valence-corrected chi connectivity index (χ2v) is 9.49. The van der Waals surface area contributed by atoms with Crippen LogP contribution >= 0.6 is 0 Å². The van der Waals surface area contributed by atoms with E-state index < -0.39 is 0 Å². The van der Waals surface area contributed by atoms with Gasteiger partial charge in [-0.15, -0.1) is 0 Å². The Bertz CT molecular complexity index is 1370. The van der Waals surface area contributed by atoms with Gasteiger partial charge in [0.05, 0.1) is 0 Å². The molecule has 36 heavy (non-hydrogen) atoms. The second-order valence-electron chi connectivity index (χ2n) is 9.49. The van der Waals surface area contributed by atoms with Crippen LogP contribution in [0.4, 0.5) is 5.69 Å². The number of rotatable bonds is 6. The molecule has 184 valence electrons. The van der Waals surface area contributed by atoms with Gasteiger partial charge in [-0.05, 0) is 67.1 Å². The number of hydrogen-bond donors (Lipinski definition) is 1. The molecule has 5 rings (SSSR count). The minimum atomic E-state index is -0.116. The molecule has 0 spiro atoms. The number of fused-ring (bicyclic) bond motifs is 1. The molecular weight excluding hydrogens is 450 g/mol. The van der Waals surface area contributed by atoms with Gasteiger partial charge < -0.3 is 14.6 Å². The van der Waals surface area contributed by atoms with E-state index in [1.54, 1.807) is 12.1 Å². The summed E-state index contributed by atoms with van der Waals surface area (Å²) in [6.07, 6.45) is 2.49. The van der Waals surface area contributed by atoms with Crippen LogP contribution in [-0.2, 0) is 11.2 Å². The van der Waals surface area contributed by atoms with Crippen LogP contribution in [0.1, 0.15) is 42.6 Å². The number of para-hydroxylation sites is 1. The van der Waals surface area contributed by atoms with Crippen LogP contribution in [0.25, 0.3) is 22.6 Å². The number of hydrogen-bond acceptors (Lipinski definition) is 4. The van der Waals surface area contributed by atoms with Crippen molar-refractivity contribution in [2.24, 2.45) is 11.8 Å². The number of oxazole rings is 1. The van der Waals surface area contributed by atoms with E-state index in [0.29, 0.717) is 35.6 Å². The standard InChI is InChI=1S/C30H31N3O3/c1-3-21-9-7-8-12-25(21)31-28(34)20(2)22-15-17-33(18-16-22)30(35)24-13-14-27-26(19-24)32-29(36-27)23-10-5-4-6-11-23/h4-14,19-20,22H,3,15-18H2,1-2H3,(H,31,34)/t20-/m0/s1. The van der Waals surface area contributed by atoms with Crippen molar-refractivity contribution in [3.63, 3.8) is 0 Å². The number of carbonyl (C=O) groups excluding carboxylic acids is 2. The predicted molar refractivity (Wildman–Crippen MR) is 142 cm³/mol. The number of nitrogens with one attached hydrogen (secondary N) is 1. The van der Waals surface area contributed by atoms with E-state index >= 15 is 0 Å². The number of likely N-dealkylation sites (tertiary alicyclic amines) is 1. The fourth-order valence-corrected chi connectivity index (χ4v) is 4.96. The third-order valence-corrected chi connectivity index (χ3v) is 7.26. The molecule has 1 saturated heterocycles. The SMILES string of the molecule is CCc1ccccc1NC(=O)[C@@H](C)C1CCN(C(=O)c2ccc3oc(-c4ccccc4)nc3c2)CC1. The van der Waals surface area contributed by atoms with E-state index in [-0.39, 0.29) is 23.7 Å². The molecule has 0 saturated carbocycles. The summed E-state index contributed by atoms with van der Waals surface area (Å²) in [5, 5.41) is 3.11. The van der Waals surface area contributed by atoms with E-state index in [1.165, 1.54) is 0 Å². The average molecular weight is 482 g/mol. The molecular formula is C30H31N3O3. The number of aryl methyl sites for hydroxylation is 1. The van der Waals surface area contributed by atoms with Crippen molar-refractivity contribution in [2.75, 3.05) is 18.4 Å². The maximum atomic E-state index is 13.2. The number of anilines is 1. The molecule has 0 radical (unpaired) electrons. The molecule has 1 aliphatic rings. The average Bonchev–Trinajstić information content (AvgIpc) is 3.37. The van der Waals surface area contributed by atoms with Gasteiger partial charge in [0, 0.05) is 35.8 Å². The summed E-state index contributed by atoms with van der Waals surface area (Å²) in [4.78, 5) is 32.6. The third kappa shape index (κ3) is 4.89. The van der Waals surface area contributed by atoms with E-state index in [4.69, 9.17) is 4.42 Å². The molecule has 1 aromatic heterocycles. The van der Waals surface area contributed by atoms with E-state index in [1.807, 2.05) is 72.5 Å². The Kier molecular flexibility index (Phi) is 6.85. The van der Waals surface area contributed by atoms with Crippen molar-refractivity contribution < 1.29 is 14.0 Å². The zero-order valence-corrected chi connectivity index (χ0v) is 20.7. The topological polar surface area (TPSA) is 75.4 Å². The quantitative estimate of drug-likeness (QED) is 0.357. The molecule has 1 fully saturated rings. The monoisotopic (exact) mass is 481 g/mol. The molecule has 1 aliphatic heterocycles. The first-order valence-corrected chi connectivity index (χ1v) is 12.7. The fraction of sp³-hybridized carbons (Fsp3) is 0.300. The zero-order chi connectivity index (χ0) is 25.1. The van der Waals surface area contributed by atoms with Crippen molar-refractivity contribution >= 4 is 28.6 Å². The Hall–Kier alpha value is -3.93. The highest BCUT2D eigenvalue weighted by atomic mass is 16.3. The molecule has 0 aliphatic carbocycles. The van der Waals surface area contributed by atoms with E-state index in [0.717, 1.165) is 36.1 Å². The molecule has 2 heterocycles. The van der Waals surface area contributed by atoms with Crippen LogP contribution < -0.4 is 5.32 Å². The van der Waals surface area contributed by atoms with Gasteiger partial charge in [0.1, 0.15) is 5.52 Å². The van der Waals surface area contributed by atoms with E-state index in [9.17, 15) is 9.59 Å². The lowest BCUT2D eigenvalue weighted by Crippen LogP contribution is -2.41. The Labute approximate surface area is 211 Å². The van der Waals surface area contributed by atoms with Crippen molar-refractivity contribution in [3.8, 4) is 11.5 Å². The highest BCUT2D eigenvalue weighted by molar-refractivity contribution is 5.97. The van der Waals surface area contributed by atoms with Gasteiger partial charge in [-0.25, -0.2) is 4.98 Å². The summed E-state index contributed by atoms with van der Waals surface area (Å²) in [5.74, 6) is 0.717. The molecule has 0 unspecified atom stereocenters. The van der Waals surface area contributed by atoms with Crippen molar-refractivity contribution in [1.29, 1.82) is 0 Å². The smallest absolute Gasteiger partial charge is 0.253 e. The molecule has 0 bridgehead atoms. The number of piperidine rings is 1. The Morgan fingerprint density at radius 2 is 1.75 bits per heavy atom. The summed E-state index contributed by atoms with van der Waals surface area (Å²) >= 11 is 0. The zero-order valence-electron chi connectivity index (χ0n) is 20.7. The number of amides is 2.